The van der Waals surface area contributed by atoms with E-state index in [0.29, 0.717) is 22.0 Å². The number of hydrogen-bond acceptors (Lipinski definition) is 5. The molecule has 1 amide bonds. The number of rotatable bonds is 3. The number of aryl methyl sites for hydroxylation is 1. The monoisotopic (exact) mass is 389 g/mol. The van der Waals surface area contributed by atoms with Crippen LogP contribution in [0.3, 0.4) is 0 Å². The summed E-state index contributed by atoms with van der Waals surface area (Å²) in [6.07, 6.45) is 0. The van der Waals surface area contributed by atoms with Crippen LogP contribution in [0, 0.1) is 6.92 Å². The molecule has 0 saturated heterocycles. The van der Waals surface area contributed by atoms with Crippen molar-refractivity contribution in [3.8, 4) is 11.4 Å². The number of hydrogen-bond donors (Lipinski definition) is 2. The minimum absolute atomic E-state index is 0.231. The SMILES string of the molecule is COc1ccc(-n2nc3cc(C)c(NC(=S)NC(C)=O)cc3n2)cc1Cl. The van der Waals surface area contributed by atoms with E-state index in [1.807, 2.05) is 25.1 Å². The fraction of sp³-hybridized carbons (Fsp3) is 0.176. The van der Waals surface area contributed by atoms with E-state index >= 15 is 0 Å². The number of fused-ring (bicyclic) bond motifs is 1. The van der Waals surface area contributed by atoms with Crippen molar-refractivity contribution in [2.45, 2.75) is 13.8 Å². The molecular formula is C17H16ClN5O2S. The highest BCUT2D eigenvalue weighted by atomic mass is 35.5. The second-order valence-corrected chi connectivity index (χ2v) is 6.41. The maximum absolute atomic E-state index is 11.1. The Kier molecular flexibility index (Phi) is 5.06. The summed E-state index contributed by atoms with van der Waals surface area (Å²) in [7, 11) is 1.56. The lowest BCUT2D eigenvalue weighted by atomic mass is 10.2. The van der Waals surface area contributed by atoms with Crippen molar-refractivity contribution in [1.29, 1.82) is 0 Å². The molecule has 0 saturated carbocycles. The summed E-state index contributed by atoms with van der Waals surface area (Å²) >= 11 is 11.3. The Morgan fingerprint density at radius 3 is 2.54 bits per heavy atom. The molecule has 2 aromatic carbocycles. The number of ether oxygens (including phenoxy) is 1. The van der Waals surface area contributed by atoms with E-state index in [0.717, 1.165) is 16.8 Å². The van der Waals surface area contributed by atoms with Crippen LogP contribution in [0.5, 0.6) is 5.75 Å². The molecule has 3 aromatic rings. The summed E-state index contributed by atoms with van der Waals surface area (Å²) in [5, 5.41) is 15.2. The molecule has 3 rings (SSSR count). The van der Waals surface area contributed by atoms with Crippen LogP contribution < -0.4 is 15.4 Å². The molecule has 0 bridgehead atoms. The molecule has 1 heterocycles. The van der Waals surface area contributed by atoms with Gasteiger partial charge in [-0.25, -0.2) is 0 Å². The van der Waals surface area contributed by atoms with E-state index in [1.54, 1.807) is 19.2 Å². The second-order valence-electron chi connectivity index (χ2n) is 5.60. The second kappa shape index (κ2) is 7.27. The summed E-state index contributed by atoms with van der Waals surface area (Å²) < 4.78 is 5.16. The molecule has 26 heavy (non-hydrogen) atoms. The van der Waals surface area contributed by atoms with Crippen molar-refractivity contribution in [2.75, 3.05) is 12.4 Å². The highest BCUT2D eigenvalue weighted by Crippen LogP contribution is 2.27. The normalized spacial score (nSPS) is 10.6. The van der Waals surface area contributed by atoms with E-state index in [4.69, 9.17) is 28.6 Å². The van der Waals surface area contributed by atoms with Crippen molar-refractivity contribution < 1.29 is 9.53 Å². The van der Waals surface area contributed by atoms with Crippen LogP contribution in [0.1, 0.15) is 12.5 Å². The molecule has 0 fully saturated rings. The van der Waals surface area contributed by atoms with Gasteiger partial charge in [-0.1, -0.05) is 11.6 Å². The Morgan fingerprint density at radius 1 is 1.23 bits per heavy atom. The van der Waals surface area contributed by atoms with Crippen LogP contribution in [0.4, 0.5) is 5.69 Å². The number of methoxy groups -OCH3 is 1. The number of halogens is 1. The first-order valence-corrected chi connectivity index (χ1v) is 8.46. The number of carbonyl (C=O) groups is 1. The number of benzene rings is 2. The molecule has 0 aliphatic carbocycles. The topological polar surface area (TPSA) is 81.1 Å². The lowest BCUT2D eigenvalue weighted by molar-refractivity contribution is -0.117. The third-order valence-electron chi connectivity index (χ3n) is 3.63. The summed E-state index contributed by atoms with van der Waals surface area (Å²) in [5.74, 6) is 0.351. The molecule has 2 N–H and O–H groups in total. The zero-order chi connectivity index (χ0) is 18.8. The van der Waals surface area contributed by atoms with Gasteiger partial charge in [0.05, 0.1) is 17.8 Å². The van der Waals surface area contributed by atoms with Gasteiger partial charge in [-0.3, -0.25) is 4.79 Å². The molecule has 0 unspecified atom stereocenters. The Bertz CT molecular complexity index is 1020. The molecule has 7 nitrogen and oxygen atoms in total. The smallest absolute Gasteiger partial charge is 0.222 e. The van der Waals surface area contributed by atoms with Gasteiger partial charge >= 0.3 is 0 Å². The molecule has 0 aliphatic rings. The van der Waals surface area contributed by atoms with Gasteiger partial charge in [0.15, 0.2) is 5.11 Å². The number of thiocarbonyl (C=S) groups is 1. The van der Waals surface area contributed by atoms with E-state index < -0.39 is 0 Å². The van der Waals surface area contributed by atoms with Gasteiger partial charge in [-0.15, -0.1) is 10.2 Å². The van der Waals surface area contributed by atoms with Crippen molar-refractivity contribution in [3.05, 3.63) is 40.9 Å². The minimum Gasteiger partial charge on any atom is -0.495 e. The molecule has 0 atom stereocenters. The van der Waals surface area contributed by atoms with Crippen LogP contribution >= 0.6 is 23.8 Å². The highest BCUT2D eigenvalue weighted by Gasteiger charge is 2.11. The molecule has 0 radical (unpaired) electrons. The molecule has 1 aromatic heterocycles. The predicted molar refractivity (Wildman–Crippen MR) is 105 cm³/mol. The summed E-state index contributed by atoms with van der Waals surface area (Å²) in [4.78, 5) is 12.6. The lowest BCUT2D eigenvalue weighted by Crippen LogP contribution is -2.32. The van der Waals surface area contributed by atoms with Gasteiger partial charge in [0.25, 0.3) is 0 Å². The first-order valence-electron chi connectivity index (χ1n) is 7.67. The molecule has 9 heteroatoms. The van der Waals surface area contributed by atoms with Gasteiger partial charge in [0.2, 0.25) is 5.91 Å². The Labute approximate surface area is 160 Å². The number of anilines is 1. The van der Waals surface area contributed by atoms with E-state index in [-0.39, 0.29) is 11.0 Å². The minimum atomic E-state index is -0.233. The average molecular weight is 390 g/mol. The third-order valence-corrected chi connectivity index (χ3v) is 4.13. The zero-order valence-electron chi connectivity index (χ0n) is 14.3. The summed E-state index contributed by atoms with van der Waals surface area (Å²) in [6, 6.07) is 9.03. The van der Waals surface area contributed by atoms with Crippen molar-refractivity contribution in [3.63, 3.8) is 0 Å². The quantitative estimate of drug-likeness (QED) is 0.669. The standard InChI is InChI=1S/C17H16ClN5O2S/c1-9-6-14-15(8-13(9)20-17(26)19-10(2)24)22-23(21-14)11-4-5-16(25-3)12(18)7-11/h4-8H,1-3H3,(H2,19,20,24,26). The Balaban J connectivity index is 1.95. The predicted octanol–water partition coefficient (Wildman–Crippen LogP) is 3.22. The summed E-state index contributed by atoms with van der Waals surface area (Å²) in [5.41, 5.74) is 3.79. The average Bonchev–Trinajstić information content (AvgIpc) is 2.97. The Morgan fingerprint density at radius 2 is 1.92 bits per heavy atom. The fourth-order valence-electron chi connectivity index (χ4n) is 2.41. The molecular weight excluding hydrogens is 374 g/mol. The maximum atomic E-state index is 11.1. The summed E-state index contributed by atoms with van der Waals surface area (Å²) in [6.45, 7) is 3.32. The zero-order valence-corrected chi connectivity index (χ0v) is 15.9. The first-order chi connectivity index (χ1) is 12.4. The van der Waals surface area contributed by atoms with E-state index in [2.05, 4.69) is 20.8 Å². The number of nitrogens with zero attached hydrogens (tertiary/aromatic N) is 3. The molecule has 0 spiro atoms. The van der Waals surface area contributed by atoms with Gasteiger partial charge in [0, 0.05) is 12.6 Å². The number of nitrogens with one attached hydrogen (secondary N) is 2. The van der Waals surface area contributed by atoms with Crippen LogP contribution in [-0.2, 0) is 4.79 Å². The molecule has 0 aliphatic heterocycles. The van der Waals surface area contributed by atoms with Crippen LogP contribution in [-0.4, -0.2) is 33.1 Å². The van der Waals surface area contributed by atoms with Crippen LogP contribution in [0.2, 0.25) is 5.02 Å². The number of amides is 1. The van der Waals surface area contributed by atoms with Crippen molar-refractivity contribution in [2.24, 2.45) is 0 Å². The van der Waals surface area contributed by atoms with Gasteiger partial charge in [-0.2, -0.15) is 4.80 Å². The van der Waals surface area contributed by atoms with Gasteiger partial charge in [-0.05, 0) is 55.0 Å². The molecule has 134 valence electrons. The van der Waals surface area contributed by atoms with Crippen LogP contribution in [0.15, 0.2) is 30.3 Å². The van der Waals surface area contributed by atoms with Gasteiger partial charge < -0.3 is 15.4 Å². The van der Waals surface area contributed by atoms with E-state index in [9.17, 15) is 4.79 Å². The lowest BCUT2D eigenvalue weighted by Gasteiger charge is -2.10. The number of aromatic nitrogens is 3. The highest BCUT2D eigenvalue weighted by molar-refractivity contribution is 7.80. The van der Waals surface area contributed by atoms with Crippen molar-refractivity contribution >= 4 is 51.6 Å². The van der Waals surface area contributed by atoms with Gasteiger partial charge in [0.1, 0.15) is 16.8 Å². The Hall–Kier alpha value is -2.71. The van der Waals surface area contributed by atoms with E-state index in [1.165, 1.54) is 11.7 Å². The number of carbonyl (C=O) groups excluding carboxylic acids is 1. The maximum Gasteiger partial charge on any atom is 0.222 e. The fourth-order valence-corrected chi connectivity index (χ4v) is 2.92. The van der Waals surface area contributed by atoms with Crippen molar-refractivity contribution in [1.82, 2.24) is 20.3 Å². The van der Waals surface area contributed by atoms with Crippen LogP contribution in [0.25, 0.3) is 16.7 Å². The first kappa shape index (κ1) is 18.1. The largest absolute Gasteiger partial charge is 0.495 e. The third kappa shape index (κ3) is 3.76.